The molecule has 2 aromatic carbocycles. The van der Waals surface area contributed by atoms with E-state index in [-0.39, 0.29) is 10.8 Å². The Balaban J connectivity index is 1.39. The van der Waals surface area contributed by atoms with E-state index < -0.39 is 10.0 Å². The molecule has 1 saturated carbocycles. The molecule has 5 heteroatoms. The van der Waals surface area contributed by atoms with Crippen molar-refractivity contribution in [2.45, 2.75) is 44.6 Å². The van der Waals surface area contributed by atoms with Gasteiger partial charge in [0.15, 0.2) is 0 Å². The first-order chi connectivity index (χ1) is 14.3. The summed E-state index contributed by atoms with van der Waals surface area (Å²) >= 11 is 0. The zero-order valence-electron chi connectivity index (χ0n) is 17.7. The number of nitrogens with zero attached hydrogens (tertiary/aromatic N) is 1. The number of fused-ring (bicyclic) bond motifs is 1. The minimum atomic E-state index is -3.48. The van der Waals surface area contributed by atoms with Crippen LogP contribution in [-0.2, 0) is 21.4 Å². The Hall–Kier alpha value is -1.95. The van der Waals surface area contributed by atoms with Crippen molar-refractivity contribution in [3.8, 4) is 0 Å². The standard InChI is InChI=1S/C25H29NO3S/c1-19-8-10-21(11-9-19)30(27,28)26-14-22-23(16-29-15-20-6-4-3-5-7-20)24(2)12-13-25(22,17-24)18-26/h3-11H,12-18H2,1-2H3. The van der Waals surface area contributed by atoms with Crippen molar-refractivity contribution in [1.82, 2.24) is 4.31 Å². The molecule has 30 heavy (non-hydrogen) atoms. The zero-order chi connectivity index (χ0) is 21.0. The summed E-state index contributed by atoms with van der Waals surface area (Å²) in [5.41, 5.74) is 5.09. The fraction of sp³-hybridized carbons (Fsp3) is 0.440. The summed E-state index contributed by atoms with van der Waals surface area (Å²) in [6, 6.07) is 17.4. The monoisotopic (exact) mass is 423 g/mol. The highest BCUT2D eigenvalue weighted by Crippen LogP contribution is 2.66. The van der Waals surface area contributed by atoms with Crippen LogP contribution < -0.4 is 0 Å². The van der Waals surface area contributed by atoms with Crippen LogP contribution in [0.5, 0.6) is 0 Å². The van der Waals surface area contributed by atoms with Crippen LogP contribution in [0.15, 0.2) is 70.6 Å². The van der Waals surface area contributed by atoms with Crippen LogP contribution in [0.1, 0.15) is 37.3 Å². The Morgan fingerprint density at radius 1 is 1.00 bits per heavy atom. The van der Waals surface area contributed by atoms with E-state index in [1.165, 1.54) is 16.7 Å². The van der Waals surface area contributed by atoms with Crippen LogP contribution in [-0.4, -0.2) is 32.4 Å². The van der Waals surface area contributed by atoms with E-state index in [0.717, 1.165) is 24.8 Å². The first-order valence-corrected chi connectivity index (χ1v) is 12.2. The van der Waals surface area contributed by atoms with Crippen molar-refractivity contribution in [2.24, 2.45) is 10.8 Å². The predicted molar refractivity (Wildman–Crippen MR) is 117 cm³/mol. The number of rotatable bonds is 6. The maximum absolute atomic E-state index is 13.3. The van der Waals surface area contributed by atoms with E-state index in [1.807, 2.05) is 37.3 Å². The molecule has 0 N–H and O–H groups in total. The van der Waals surface area contributed by atoms with Crippen molar-refractivity contribution < 1.29 is 13.2 Å². The van der Waals surface area contributed by atoms with E-state index in [4.69, 9.17) is 4.74 Å². The largest absolute Gasteiger partial charge is 0.372 e. The Kier molecular flexibility index (Phi) is 4.69. The van der Waals surface area contributed by atoms with Crippen LogP contribution >= 0.6 is 0 Å². The quantitative estimate of drug-likeness (QED) is 0.633. The minimum Gasteiger partial charge on any atom is -0.372 e. The number of sulfonamides is 1. The molecule has 1 heterocycles. The van der Waals surface area contributed by atoms with E-state index >= 15 is 0 Å². The first kappa shape index (κ1) is 20.0. The SMILES string of the molecule is Cc1ccc(S(=O)(=O)N2CC3=C(COCc4ccccc4)C4(C)CCC3(C2)C4)cc1. The topological polar surface area (TPSA) is 46.6 Å². The summed E-state index contributed by atoms with van der Waals surface area (Å²) in [7, 11) is -3.48. The van der Waals surface area contributed by atoms with Gasteiger partial charge >= 0.3 is 0 Å². The highest BCUT2D eigenvalue weighted by atomic mass is 32.2. The predicted octanol–water partition coefficient (Wildman–Crippen LogP) is 4.70. The number of benzene rings is 2. The van der Waals surface area contributed by atoms with Crippen LogP contribution in [0.3, 0.4) is 0 Å². The second-order valence-corrected chi connectivity index (χ2v) is 11.5. The van der Waals surface area contributed by atoms with Crippen LogP contribution in [0.4, 0.5) is 0 Å². The molecule has 0 amide bonds. The molecule has 5 rings (SSSR count). The Labute approximate surface area is 179 Å². The molecule has 1 spiro atoms. The van der Waals surface area contributed by atoms with Gasteiger partial charge in [-0.15, -0.1) is 0 Å². The van der Waals surface area contributed by atoms with Gasteiger partial charge in [-0.05, 0) is 60.4 Å². The highest BCUT2D eigenvalue weighted by Gasteiger charge is 2.61. The molecular weight excluding hydrogens is 394 g/mol. The maximum Gasteiger partial charge on any atom is 0.243 e. The van der Waals surface area contributed by atoms with Gasteiger partial charge in [-0.1, -0.05) is 55.0 Å². The molecule has 0 aromatic heterocycles. The maximum atomic E-state index is 13.3. The Morgan fingerprint density at radius 3 is 2.47 bits per heavy atom. The Morgan fingerprint density at radius 2 is 1.73 bits per heavy atom. The van der Waals surface area contributed by atoms with Gasteiger partial charge in [0, 0.05) is 18.5 Å². The summed E-state index contributed by atoms with van der Waals surface area (Å²) in [5.74, 6) is 0. The minimum absolute atomic E-state index is 0.0119. The first-order valence-electron chi connectivity index (χ1n) is 10.7. The van der Waals surface area contributed by atoms with Crippen molar-refractivity contribution in [1.29, 1.82) is 0 Å². The number of aryl methyl sites for hydroxylation is 1. The van der Waals surface area contributed by atoms with E-state index in [0.29, 0.717) is 31.2 Å². The zero-order valence-corrected chi connectivity index (χ0v) is 18.5. The molecule has 2 aromatic rings. The highest BCUT2D eigenvalue weighted by molar-refractivity contribution is 7.89. The van der Waals surface area contributed by atoms with Gasteiger partial charge in [-0.25, -0.2) is 8.42 Å². The van der Waals surface area contributed by atoms with Gasteiger partial charge in [-0.2, -0.15) is 4.31 Å². The molecule has 3 aliphatic rings. The lowest BCUT2D eigenvalue weighted by Crippen LogP contribution is -2.31. The van der Waals surface area contributed by atoms with Gasteiger partial charge in [0.2, 0.25) is 10.0 Å². The van der Waals surface area contributed by atoms with Gasteiger partial charge in [0.25, 0.3) is 0 Å². The van der Waals surface area contributed by atoms with E-state index in [9.17, 15) is 8.42 Å². The summed E-state index contributed by atoms with van der Waals surface area (Å²) in [4.78, 5) is 0.396. The third-order valence-corrected chi connectivity index (χ3v) is 9.25. The second-order valence-electron chi connectivity index (χ2n) is 9.54. The lowest BCUT2D eigenvalue weighted by atomic mass is 9.79. The smallest absolute Gasteiger partial charge is 0.243 e. The van der Waals surface area contributed by atoms with Gasteiger partial charge in [0.1, 0.15) is 0 Å². The van der Waals surface area contributed by atoms with Crippen molar-refractivity contribution >= 4 is 10.0 Å². The number of ether oxygens (including phenoxy) is 1. The molecule has 1 saturated heterocycles. The van der Waals surface area contributed by atoms with Gasteiger partial charge < -0.3 is 4.74 Å². The van der Waals surface area contributed by atoms with E-state index in [1.54, 1.807) is 16.4 Å². The Bertz CT molecular complexity index is 1090. The fourth-order valence-corrected chi connectivity index (χ4v) is 7.33. The fourth-order valence-electron chi connectivity index (χ4n) is 5.84. The number of hydrogen-bond donors (Lipinski definition) is 0. The van der Waals surface area contributed by atoms with Crippen molar-refractivity contribution in [3.05, 3.63) is 76.9 Å². The average molecular weight is 424 g/mol. The molecule has 2 fully saturated rings. The van der Waals surface area contributed by atoms with Crippen LogP contribution in [0.25, 0.3) is 0 Å². The molecule has 2 unspecified atom stereocenters. The third kappa shape index (κ3) is 3.15. The summed E-state index contributed by atoms with van der Waals surface area (Å²) in [6.45, 7) is 6.62. The van der Waals surface area contributed by atoms with Crippen molar-refractivity contribution in [2.75, 3.05) is 19.7 Å². The summed E-state index contributed by atoms with van der Waals surface area (Å²) in [5, 5.41) is 0. The molecule has 2 atom stereocenters. The van der Waals surface area contributed by atoms with Crippen molar-refractivity contribution in [3.63, 3.8) is 0 Å². The average Bonchev–Trinajstić information content (AvgIpc) is 3.34. The number of hydrogen-bond acceptors (Lipinski definition) is 3. The van der Waals surface area contributed by atoms with E-state index in [2.05, 4.69) is 19.1 Å². The molecule has 0 radical (unpaired) electrons. The molecule has 2 bridgehead atoms. The molecule has 158 valence electrons. The second kappa shape index (κ2) is 7.04. The van der Waals surface area contributed by atoms with Gasteiger partial charge in [0.05, 0.1) is 18.1 Å². The van der Waals surface area contributed by atoms with Crippen LogP contribution in [0.2, 0.25) is 0 Å². The lowest BCUT2D eigenvalue weighted by Gasteiger charge is -2.28. The molecule has 2 aliphatic carbocycles. The van der Waals surface area contributed by atoms with Crippen LogP contribution in [0, 0.1) is 17.8 Å². The van der Waals surface area contributed by atoms with Gasteiger partial charge in [-0.3, -0.25) is 0 Å². The molecular formula is C25H29NO3S. The molecule has 1 aliphatic heterocycles. The normalized spacial score (nSPS) is 28.3. The molecule has 4 nitrogen and oxygen atoms in total. The third-order valence-electron chi connectivity index (χ3n) is 7.45. The lowest BCUT2D eigenvalue weighted by molar-refractivity contribution is 0.128. The summed E-state index contributed by atoms with van der Waals surface area (Å²) in [6.07, 6.45) is 3.26. The summed E-state index contributed by atoms with van der Waals surface area (Å²) < 4.78 is 34.4.